The molecule has 3 N–H and O–H groups in total. The molecular formula is C22H22N2O6. The molecule has 2 amide bonds. The highest BCUT2D eigenvalue weighted by atomic mass is 16.5. The van der Waals surface area contributed by atoms with E-state index in [4.69, 9.17) is 4.74 Å². The Kier molecular flexibility index (Phi) is 4.74. The van der Waals surface area contributed by atoms with Crippen LogP contribution >= 0.6 is 0 Å². The SMILES string of the molecule is CC[C@@]1(C(=O)[O-])[NH2+][C@@H](c2cccc(OC)c2O)[C@H]2C(=O)N(c3ccccc3)C(=O)[C@@H]21. The van der Waals surface area contributed by atoms with Crippen LogP contribution in [-0.2, 0) is 14.4 Å². The van der Waals surface area contributed by atoms with Gasteiger partial charge in [0.05, 0.1) is 18.4 Å². The molecular weight excluding hydrogens is 388 g/mol. The standard InChI is InChI=1S/C22H22N2O6/c1-3-22(21(28)29)16-15(17(23-22)13-10-7-11-14(30-2)18(13)25)19(26)24(20(16)27)12-8-5-4-6-9-12/h4-11,15-17,23,25H,3H2,1-2H3,(H,28,29)/t15-,16+,17-,22+/m0/s1. The molecule has 8 nitrogen and oxygen atoms in total. The number of phenolic OH excluding ortho intramolecular Hbond substituents is 1. The molecule has 0 aliphatic carbocycles. The summed E-state index contributed by atoms with van der Waals surface area (Å²) in [5.74, 6) is -4.51. The molecule has 4 rings (SSSR count). The van der Waals surface area contributed by atoms with Gasteiger partial charge in [0.15, 0.2) is 11.5 Å². The number of quaternary nitrogens is 1. The zero-order valence-electron chi connectivity index (χ0n) is 16.6. The van der Waals surface area contributed by atoms with E-state index in [1.165, 1.54) is 12.4 Å². The van der Waals surface area contributed by atoms with E-state index in [2.05, 4.69) is 0 Å². The van der Waals surface area contributed by atoms with E-state index >= 15 is 0 Å². The molecule has 0 aromatic heterocycles. The summed E-state index contributed by atoms with van der Waals surface area (Å²) in [4.78, 5) is 40.1. The number of carboxylic acid groups (broad SMARTS) is 1. The van der Waals surface area contributed by atoms with Crippen molar-refractivity contribution in [2.45, 2.75) is 24.9 Å². The lowest BCUT2D eigenvalue weighted by molar-refractivity contribution is -0.739. The lowest BCUT2D eigenvalue weighted by Crippen LogP contribution is -2.99. The number of amides is 2. The number of aliphatic carboxylic acids is 1. The predicted octanol–water partition coefficient (Wildman–Crippen LogP) is -0.277. The van der Waals surface area contributed by atoms with Gasteiger partial charge in [0.1, 0.15) is 29.4 Å². The van der Waals surface area contributed by atoms with Crippen molar-refractivity contribution in [1.82, 2.24) is 0 Å². The number of hydrogen-bond acceptors (Lipinski definition) is 6. The molecule has 2 aromatic rings. The van der Waals surface area contributed by atoms with Crippen LogP contribution < -0.4 is 20.1 Å². The van der Waals surface area contributed by atoms with E-state index in [-0.39, 0.29) is 17.9 Å². The number of fused-ring (bicyclic) bond motifs is 1. The molecule has 2 aromatic carbocycles. The van der Waals surface area contributed by atoms with Crippen LogP contribution in [0.25, 0.3) is 0 Å². The van der Waals surface area contributed by atoms with Gasteiger partial charge in [0.2, 0.25) is 11.8 Å². The molecule has 0 bridgehead atoms. The van der Waals surface area contributed by atoms with Crippen LogP contribution in [-0.4, -0.2) is 35.5 Å². The average Bonchev–Trinajstić information content (AvgIpc) is 3.23. The van der Waals surface area contributed by atoms with Crippen molar-refractivity contribution in [3.05, 3.63) is 54.1 Å². The minimum absolute atomic E-state index is 0.0827. The third-order valence-electron chi connectivity index (χ3n) is 6.36. The van der Waals surface area contributed by atoms with Crippen molar-refractivity contribution in [3.63, 3.8) is 0 Å². The van der Waals surface area contributed by atoms with Crippen LogP contribution in [0.3, 0.4) is 0 Å². The Morgan fingerprint density at radius 2 is 1.87 bits per heavy atom. The Morgan fingerprint density at radius 1 is 1.17 bits per heavy atom. The van der Waals surface area contributed by atoms with Gasteiger partial charge in [0.25, 0.3) is 0 Å². The van der Waals surface area contributed by atoms with Crippen molar-refractivity contribution in [2.75, 3.05) is 12.0 Å². The number of para-hydroxylation sites is 2. The number of ether oxygens (including phenoxy) is 1. The number of nitrogens with zero attached hydrogens (tertiary/aromatic N) is 1. The molecule has 156 valence electrons. The molecule has 2 heterocycles. The number of hydrogen-bond donors (Lipinski definition) is 2. The zero-order valence-corrected chi connectivity index (χ0v) is 16.6. The maximum Gasteiger partial charge on any atom is 0.244 e. The first-order valence-corrected chi connectivity index (χ1v) is 9.73. The summed E-state index contributed by atoms with van der Waals surface area (Å²) in [5, 5.41) is 24.4. The summed E-state index contributed by atoms with van der Waals surface area (Å²) in [6, 6.07) is 12.5. The average molecular weight is 410 g/mol. The second-order valence-electron chi connectivity index (χ2n) is 7.62. The van der Waals surface area contributed by atoms with Crippen molar-refractivity contribution in [1.29, 1.82) is 0 Å². The molecule has 8 heteroatoms. The smallest absolute Gasteiger partial charge is 0.244 e. The van der Waals surface area contributed by atoms with Gasteiger partial charge >= 0.3 is 0 Å². The Hall–Kier alpha value is -3.39. The van der Waals surface area contributed by atoms with Crippen LogP contribution in [0.5, 0.6) is 11.5 Å². The Bertz CT molecular complexity index is 1020. The number of phenols is 1. The van der Waals surface area contributed by atoms with Gasteiger partial charge < -0.3 is 25.1 Å². The van der Waals surface area contributed by atoms with E-state index < -0.39 is 41.2 Å². The fourth-order valence-electron chi connectivity index (χ4n) is 4.89. The number of benzene rings is 2. The largest absolute Gasteiger partial charge is 0.544 e. The molecule has 2 aliphatic heterocycles. The van der Waals surface area contributed by atoms with Crippen molar-refractivity contribution < 1.29 is 34.7 Å². The van der Waals surface area contributed by atoms with E-state index in [1.807, 2.05) is 0 Å². The molecule has 4 atom stereocenters. The van der Waals surface area contributed by atoms with E-state index in [9.17, 15) is 24.6 Å². The minimum atomic E-state index is -1.62. The highest BCUT2D eigenvalue weighted by Gasteiger charge is 2.69. The summed E-state index contributed by atoms with van der Waals surface area (Å²) in [7, 11) is 1.40. The van der Waals surface area contributed by atoms with Crippen LogP contribution in [0, 0.1) is 11.8 Å². The van der Waals surface area contributed by atoms with Crippen molar-refractivity contribution >= 4 is 23.5 Å². The molecule has 0 spiro atoms. The number of aromatic hydroxyl groups is 1. The molecule has 0 radical (unpaired) electrons. The summed E-state index contributed by atoms with van der Waals surface area (Å²) in [6.07, 6.45) is 0.0827. The maximum atomic E-state index is 13.4. The third kappa shape index (κ3) is 2.60. The Labute approximate surface area is 173 Å². The number of methoxy groups -OCH3 is 1. The van der Waals surface area contributed by atoms with Crippen LogP contribution in [0.1, 0.15) is 24.9 Å². The molecule has 0 unspecified atom stereocenters. The molecule has 30 heavy (non-hydrogen) atoms. The Balaban J connectivity index is 1.88. The van der Waals surface area contributed by atoms with Crippen LogP contribution in [0.15, 0.2) is 48.5 Å². The number of carbonyl (C=O) groups excluding carboxylic acids is 3. The van der Waals surface area contributed by atoms with Crippen LogP contribution in [0.2, 0.25) is 0 Å². The quantitative estimate of drug-likeness (QED) is 0.654. The summed E-state index contributed by atoms with van der Waals surface area (Å²) < 4.78 is 5.17. The van der Waals surface area contributed by atoms with Gasteiger partial charge in [-0.05, 0) is 24.3 Å². The van der Waals surface area contributed by atoms with Gasteiger partial charge in [-0.2, -0.15) is 0 Å². The lowest BCUT2D eigenvalue weighted by atomic mass is 9.78. The van der Waals surface area contributed by atoms with E-state index in [0.717, 1.165) is 4.90 Å². The summed E-state index contributed by atoms with van der Waals surface area (Å²) in [6.45, 7) is 1.65. The first-order valence-electron chi connectivity index (χ1n) is 9.73. The predicted molar refractivity (Wildman–Crippen MR) is 103 cm³/mol. The van der Waals surface area contributed by atoms with Crippen molar-refractivity contribution in [3.8, 4) is 11.5 Å². The second kappa shape index (κ2) is 7.14. The van der Waals surface area contributed by atoms with E-state index in [0.29, 0.717) is 11.3 Å². The Morgan fingerprint density at radius 3 is 2.47 bits per heavy atom. The first-order chi connectivity index (χ1) is 14.4. The van der Waals surface area contributed by atoms with E-state index in [1.54, 1.807) is 55.5 Å². The fraction of sp³-hybridized carbons (Fsp3) is 0.318. The number of rotatable bonds is 5. The molecule has 0 saturated carbocycles. The van der Waals surface area contributed by atoms with Crippen molar-refractivity contribution in [2.24, 2.45) is 11.8 Å². The minimum Gasteiger partial charge on any atom is -0.544 e. The number of anilines is 1. The third-order valence-corrected chi connectivity index (χ3v) is 6.36. The maximum absolute atomic E-state index is 13.4. The van der Waals surface area contributed by atoms with Gasteiger partial charge in [-0.1, -0.05) is 31.2 Å². The topological polar surface area (TPSA) is 124 Å². The number of nitrogens with two attached hydrogens (primary N) is 1. The summed E-state index contributed by atoms with van der Waals surface area (Å²) >= 11 is 0. The van der Waals surface area contributed by atoms with Gasteiger partial charge in [-0.15, -0.1) is 0 Å². The second-order valence-corrected chi connectivity index (χ2v) is 7.62. The van der Waals surface area contributed by atoms with Gasteiger partial charge in [-0.3, -0.25) is 9.59 Å². The normalized spacial score (nSPS) is 27.9. The number of imide groups is 1. The lowest BCUT2D eigenvalue weighted by Gasteiger charge is -2.31. The molecule has 2 saturated heterocycles. The highest BCUT2D eigenvalue weighted by molar-refractivity contribution is 6.23. The number of carbonyl (C=O) groups is 3. The molecule has 2 aliphatic rings. The highest BCUT2D eigenvalue weighted by Crippen LogP contribution is 2.48. The fourth-order valence-corrected chi connectivity index (χ4v) is 4.89. The first kappa shape index (κ1) is 19.9. The zero-order chi connectivity index (χ0) is 21.6. The van der Waals surface area contributed by atoms with Crippen LogP contribution in [0.4, 0.5) is 5.69 Å². The van der Waals surface area contributed by atoms with Gasteiger partial charge in [0, 0.05) is 6.42 Å². The summed E-state index contributed by atoms with van der Waals surface area (Å²) in [5.41, 5.74) is -0.892. The number of carboxylic acids is 1. The molecule has 2 fully saturated rings. The monoisotopic (exact) mass is 410 g/mol. The van der Waals surface area contributed by atoms with Gasteiger partial charge in [-0.25, -0.2) is 4.90 Å².